The van der Waals surface area contributed by atoms with Crippen LogP contribution in [0.5, 0.6) is 0 Å². The molecule has 1 unspecified atom stereocenters. The minimum Gasteiger partial charge on any atom is -1.00 e. The molecule has 3 aromatic carbocycles. The molecule has 0 radical (unpaired) electrons. The molecule has 0 saturated carbocycles. The zero-order chi connectivity index (χ0) is 19.6. The molecule has 31 heavy (non-hydrogen) atoms. The Morgan fingerprint density at radius 1 is 0.774 bits per heavy atom. The number of hydrogen-bond donors (Lipinski definition) is 0. The monoisotopic (exact) mass is 520 g/mol. The summed E-state index contributed by atoms with van der Waals surface area (Å²) in [5.74, 6) is 0. The van der Waals surface area contributed by atoms with Crippen LogP contribution in [0, 0.1) is 0 Å². The normalized spacial score (nSPS) is 15.5. The van der Waals surface area contributed by atoms with Gasteiger partial charge in [0.05, 0.1) is 0 Å². The zero-order valence-electron chi connectivity index (χ0n) is 17.4. The van der Waals surface area contributed by atoms with Gasteiger partial charge in [-0.05, 0) is 0 Å². The number of allylic oxidation sites excluding steroid dienone is 5. The predicted molar refractivity (Wildman–Crippen MR) is 121 cm³/mol. The summed E-state index contributed by atoms with van der Waals surface area (Å²) in [6, 6.07) is 31.3. The van der Waals surface area contributed by atoms with Gasteiger partial charge in [-0.15, -0.1) is 0 Å². The minimum atomic E-state index is -2.33. The van der Waals surface area contributed by atoms with Crippen molar-refractivity contribution in [3.05, 3.63) is 134 Å². The first-order valence-electron chi connectivity index (χ1n) is 10.3. The minimum absolute atomic E-state index is 0. The summed E-state index contributed by atoms with van der Waals surface area (Å²) in [5, 5.41) is 0. The molecule has 0 saturated heterocycles. The molecule has 0 spiro atoms. The van der Waals surface area contributed by atoms with Gasteiger partial charge in [-0.3, -0.25) is 0 Å². The Labute approximate surface area is 205 Å². The van der Waals surface area contributed by atoms with E-state index < -0.39 is 21.3 Å². The second-order valence-corrected chi connectivity index (χ2v) is 14.1. The van der Waals surface area contributed by atoms with E-state index >= 15 is 0 Å². The largest absolute Gasteiger partial charge is 1.00 e. The van der Waals surface area contributed by atoms with E-state index in [0.29, 0.717) is 3.63 Å². The molecule has 0 aliphatic heterocycles. The summed E-state index contributed by atoms with van der Waals surface area (Å²) in [6.07, 6.45) is 10.6. The molecule has 154 valence electrons. The number of hydrogen-bond acceptors (Lipinski definition) is 0. The van der Waals surface area contributed by atoms with Crippen molar-refractivity contribution in [2.24, 2.45) is 0 Å². The smallest absolute Gasteiger partial charge is 1.00 e. The molecular formula is C28H24Cl2Zr. The van der Waals surface area contributed by atoms with Crippen molar-refractivity contribution >= 4 is 9.28 Å². The fourth-order valence-electron chi connectivity index (χ4n) is 4.69. The Morgan fingerprint density at radius 3 is 1.94 bits per heavy atom. The second-order valence-electron chi connectivity index (χ2n) is 7.80. The maximum atomic E-state index is 2.43. The van der Waals surface area contributed by atoms with Crippen molar-refractivity contribution in [2.75, 3.05) is 0 Å². The van der Waals surface area contributed by atoms with Gasteiger partial charge in [-0.2, -0.15) is 0 Å². The molecule has 2 aliphatic carbocycles. The third kappa shape index (κ3) is 4.70. The maximum Gasteiger partial charge on any atom is -1.00 e. The number of rotatable bonds is 4. The standard InChI is InChI=1S/C13H10.C10H9.C5H5.2ClH.Zr/c1-3-7-12(8-4-1)11-13-9-5-2-6-10-13;1-8-6-9-4-2-3-5-10(9)7-8;1-2-4-5-3-1;;;/h1-10H;2-7H,1H3;1-3H,4H2;2*1H;/q;;;;;+2/p-2. The quantitative estimate of drug-likeness (QED) is 0.478. The van der Waals surface area contributed by atoms with Crippen LogP contribution in [0.4, 0.5) is 0 Å². The summed E-state index contributed by atoms with van der Waals surface area (Å²) < 4.78 is 3.89. The van der Waals surface area contributed by atoms with E-state index in [2.05, 4.69) is 116 Å². The fourth-order valence-corrected chi connectivity index (χ4v) is 13.7. The van der Waals surface area contributed by atoms with E-state index in [1.54, 1.807) is 6.49 Å². The van der Waals surface area contributed by atoms with E-state index in [-0.39, 0.29) is 24.8 Å². The molecule has 0 aromatic heterocycles. The van der Waals surface area contributed by atoms with Gasteiger partial charge in [0.1, 0.15) is 0 Å². The zero-order valence-corrected chi connectivity index (χ0v) is 21.4. The van der Waals surface area contributed by atoms with E-state index in [9.17, 15) is 0 Å². The van der Waals surface area contributed by atoms with Crippen LogP contribution in [0.2, 0.25) is 0 Å². The Bertz CT molecular complexity index is 1130. The Kier molecular flexibility index (Phi) is 8.23. The maximum absolute atomic E-state index is 2.43. The molecule has 0 nitrogen and oxygen atoms in total. The molecule has 0 fully saturated rings. The molecule has 5 rings (SSSR count). The van der Waals surface area contributed by atoms with Crippen LogP contribution in [0.1, 0.15) is 39.2 Å². The summed E-state index contributed by atoms with van der Waals surface area (Å²) in [7, 11) is 0. The average Bonchev–Trinajstić information content (AvgIpc) is 3.41. The summed E-state index contributed by atoms with van der Waals surface area (Å²) in [6.45, 7) is 2.35. The van der Waals surface area contributed by atoms with Crippen molar-refractivity contribution in [2.45, 2.75) is 17.0 Å². The van der Waals surface area contributed by atoms with Crippen molar-refractivity contribution in [1.82, 2.24) is 0 Å². The molecule has 0 heterocycles. The van der Waals surface area contributed by atoms with Crippen molar-refractivity contribution in [1.29, 1.82) is 0 Å². The topological polar surface area (TPSA) is 0 Å². The van der Waals surface area contributed by atoms with Gasteiger partial charge >= 0.3 is 182 Å². The molecule has 3 heteroatoms. The SMILES string of the molecule is CC1=Cc2ccccc2[CH]1[Zr+2]([C]1=CC=CC1)=[C](c1ccccc1)c1ccccc1.[Cl-].[Cl-]. The van der Waals surface area contributed by atoms with Crippen LogP contribution in [0.3, 0.4) is 0 Å². The Hall–Kier alpha value is -1.79. The average molecular weight is 523 g/mol. The summed E-state index contributed by atoms with van der Waals surface area (Å²) in [5.41, 5.74) is 7.30. The van der Waals surface area contributed by atoms with Gasteiger partial charge in [0.25, 0.3) is 0 Å². The molecule has 1 atom stereocenters. The van der Waals surface area contributed by atoms with Crippen LogP contribution in [-0.4, -0.2) is 3.21 Å². The van der Waals surface area contributed by atoms with Gasteiger partial charge in [0, 0.05) is 0 Å². The van der Waals surface area contributed by atoms with Gasteiger partial charge in [0.15, 0.2) is 0 Å². The van der Waals surface area contributed by atoms with Crippen molar-refractivity contribution in [3.63, 3.8) is 0 Å². The van der Waals surface area contributed by atoms with Crippen LogP contribution >= 0.6 is 0 Å². The summed E-state index contributed by atoms with van der Waals surface area (Å²) >= 11 is -2.33. The van der Waals surface area contributed by atoms with Gasteiger partial charge < -0.3 is 24.8 Å². The molecule has 0 N–H and O–H groups in total. The van der Waals surface area contributed by atoms with E-state index in [0.717, 1.165) is 6.42 Å². The van der Waals surface area contributed by atoms with Crippen LogP contribution in [-0.2, 0) is 21.3 Å². The van der Waals surface area contributed by atoms with Gasteiger partial charge in [-0.25, -0.2) is 0 Å². The molecular weight excluding hydrogens is 498 g/mol. The Balaban J connectivity index is 0.00000136. The third-order valence-electron chi connectivity index (χ3n) is 5.95. The molecule has 3 aromatic rings. The van der Waals surface area contributed by atoms with Crippen LogP contribution in [0.25, 0.3) is 6.08 Å². The number of halogens is 2. The first-order valence-corrected chi connectivity index (χ1v) is 14.2. The Morgan fingerprint density at radius 2 is 1.35 bits per heavy atom. The van der Waals surface area contributed by atoms with E-state index in [1.807, 2.05) is 0 Å². The molecule has 0 bridgehead atoms. The van der Waals surface area contributed by atoms with Crippen LogP contribution < -0.4 is 24.8 Å². The first-order chi connectivity index (χ1) is 14.3. The number of benzene rings is 3. The number of fused-ring (bicyclic) bond motifs is 1. The molecule has 0 amide bonds. The van der Waals surface area contributed by atoms with Gasteiger partial charge in [-0.1, -0.05) is 0 Å². The second kappa shape index (κ2) is 10.7. The van der Waals surface area contributed by atoms with Crippen molar-refractivity contribution in [3.8, 4) is 0 Å². The van der Waals surface area contributed by atoms with E-state index in [4.69, 9.17) is 0 Å². The fraction of sp³-hybridized carbons (Fsp3) is 0.107. The molecule has 2 aliphatic rings. The van der Waals surface area contributed by atoms with E-state index in [1.165, 1.54) is 27.8 Å². The van der Waals surface area contributed by atoms with Crippen LogP contribution in [0.15, 0.2) is 112 Å². The predicted octanol–water partition coefficient (Wildman–Crippen LogP) is 0.884. The van der Waals surface area contributed by atoms with Crippen molar-refractivity contribution < 1.29 is 46.1 Å². The van der Waals surface area contributed by atoms with Gasteiger partial charge in [0.2, 0.25) is 0 Å². The first kappa shape index (κ1) is 23.9. The summed E-state index contributed by atoms with van der Waals surface area (Å²) in [4.78, 5) is 0. The third-order valence-corrected chi connectivity index (χ3v) is 14.6.